The van der Waals surface area contributed by atoms with Crippen LogP contribution in [0.4, 0.5) is 0 Å². The fourth-order valence-electron chi connectivity index (χ4n) is 4.55. The molecule has 4 N–H and O–H groups in total. The van der Waals surface area contributed by atoms with Crippen molar-refractivity contribution in [3.05, 3.63) is 65.7 Å². The molecule has 0 saturated heterocycles. The zero-order valence-electron chi connectivity index (χ0n) is 25.6. The average molecular weight is 570 g/mol. The van der Waals surface area contributed by atoms with Crippen molar-refractivity contribution in [3.63, 3.8) is 0 Å². The number of nitrogens with one attached hydrogen (secondary N) is 2. The minimum absolute atomic E-state index is 0.00690. The van der Waals surface area contributed by atoms with Crippen LogP contribution in [0.25, 0.3) is 0 Å². The second-order valence-electron chi connectivity index (χ2n) is 11.1. The van der Waals surface area contributed by atoms with Crippen LogP contribution in [0.5, 0.6) is 5.75 Å². The summed E-state index contributed by atoms with van der Waals surface area (Å²) in [5.74, 6) is 0.416. The number of amides is 2. The van der Waals surface area contributed by atoms with Gasteiger partial charge < -0.3 is 30.6 Å². The molecule has 2 amide bonds. The summed E-state index contributed by atoms with van der Waals surface area (Å²) in [7, 11) is 1.68. The van der Waals surface area contributed by atoms with Gasteiger partial charge in [-0.2, -0.15) is 0 Å². The molecule has 0 bridgehead atoms. The molecule has 0 spiro atoms. The van der Waals surface area contributed by atoms with Crippen molar-refractivity contribution >= 4 is 11.8 Å². The van der Waals surface area contributed by atoms with Crippen LogP contribution in [0.1, 0.15) is 64.5 Å². The van der Waals surface area contributed by atoms with Crippen molar-refractivity contribution in [2.75, 3.05) is 26.9 Å². The van der Waals surface area contributed by atoms with Gasteiger partial charge in [0.25, 0.3) is 0 Å². The topological polar surface area (TPSA) is 112 Å². The molecule has 2 rings (SSSR count). The van der Waals surface area contributed by atoms with Gasteiger partial charge in [0.15, 0.2) is 0 Å². The SMILES string of the molecule is CC[C@H](C)[C@H](NC(=O)[C@@H](CC[C@@H](N)COCc1cccc(OCCCOC)c1)C(C)C)C(=O)NCc1ccccc1. The average Bonchev–Trinajstić information content (AvgIpc) is 2.97. The van der Waals surface area contributed by atoms with Crippen molar-refractivity contribution in [1.82, 2.24) is 10.6 Å². The summed E-state index contributed by atoms with van der Waals surface area (Å²) in [6.07, 6.45) is 2.88. The van der Waals surface area contributed by atoms with E-state index in [2.05, 4.69) is 10.6 Å². The van der Waals surface area contributed by atoms with Crippen molar-refractivity contribution in [2.24, 2.45) is 23.5 Å². The summed E-state index contributed by atoms with van der Waals surface area (Å²) in [5.41, 5.74) is 8.40. The normalized spacial score (nSPS) is 14.2. The van der Waals surface area contributed by atoms with Gasteiger partial charge in [-0.1, -0.05) is 76.6 Å². The van der Waals surface area contributed by atoms with Crippen LogP contribution in [0.2, 0.25) is 0 Å². The Kier molecular flexibility index (Phi) is 16.1. The molecule has 4 atom stereocenters. The fraction of sp³-hybridized carbons (Fsp3) is 0.576. The Morgan fingerprint density at radius 1 is 0.927 bits per heavy atom. The van der Waals surface area contributed by atoms with Gasteiger partial charge in [0, 0.05) is 38.6 Å². The van der Waals surface area contributed by atoms with E-state index in [0.717, 1.165) is 29.7 Å². The first-order valence-electron chi connectivity index (χ1n) is 14.9. The van der Waals surface area contributed by atoms with Crippen molar-refractivity contribution in [1.29, 1.82) is 0 Å². The molecular formula is C33H51N3O5. The lowest BCUT2D eigenvalue weighted by Gasteiger charge is -2.28. The Balaban J connectivity index is 1.83. The van der Waals surface area contributed by atoms with E-state index in [1.54, 1.807) is 7.11 Å². The molecule has 8 nitrogen and oxygen atoms in total. The Morgan fingerprint density at radius 2 is 1.66 bits per heavy atom. The third-order valence-electron chi connectivity index (χ3n) is 7.35. The van der Waals surface area contributed by atoms with Crippen LogP contribution < -0.4 is 21.1 Å². The number of methoxy groups -OCH3 is 1. The summed E-state index contributed by atoms with van der Waals surface area (Å²) in [6.45, 7) is 10.6. The standard InChI is InChI=1S/C33H51N3O5/c1-6-25(4)31(33(38)35-21-26-12-8-7-9-13-26)36-32(37)30(24(2)3)17-16-28(34)23-40-22-27-14-10-15-29(20-27)41-19-11-18-39-5/h7-10,12-15,20,24-25,28,30-31H,6,11,16-19,21-23,34H2,1-5H3,(H,35,38)(H,36,37)/t25-,28+,30-,31-/m0/s1. The van der Waals surface area contributed by atoms with Gasteiger partial charge in [-0.3, -0.25) is 9.59 Å². The summed E-state index contributed by atoms with van der Waals surface area (Å²) in [6, 6.07) is 16.8. The maximum absolute atomic E-state index is 13.4. The van der Waals surface area contributed by atoms with Gasteiger partial charge in [0.2, 0.25) is 11.8 Å². The lowest BCUT2D eigenvalue weighted by Crippen LogP contribution is -2.52. The maximum Gasteiger partial charge on any atom is 0.243 e. The number of hydrogen-bond donors (Lipinski definition) is 3. The van der Waals surface area contributed by atoms with E-state index in [-0.39, 0.29) is 35.6 Å². The van der Waals surface area contributed by atoms with Crippen molar-refractivity contribution < 1.29 is 23.8 Å². The molecular weight excluding hydrogens is 518 g/mol. The number of hydrogen-bond acceptors (Lipinski definition) is 6. The molecule has 2 aromatic rings. The number of benzene rings is 2. The quantitative estimate of drug-likeness (QED) is 0.197. The van der Waals surface area contributed by atoms with Crippen LogP contribution in [0.15, 0.2) is 54.6 Å². The molecule has 0 aliphatic rings. The molecule has 0 heterocycles. The van der Waals surface area contributed by atoms with E-state index in [1.807, 2.05) is 82.3 Å². The van der Waals surface area contributed by atoms with Crippen LogP contribution in [-0.2, 0) is 32.2 Å². The largest absolute Gasteiger partial charge is 0.493 e. The van der Waals surface area contributed by atoms with Gasteiger partial charge in [-0.05, 0) is 47.9 Å². The highest BCUT2D eigenvalue weighted by molar-refractivity contribution is 5.88. The number of carbonyl (C=O) groups excluding carboxylic acids is 2. The van der Waals surface area contributed by atoms with Crippen LogP contribution in [0, 0.1) is 17.8 Å². The predicted molar refractivity (Wildman–Crippen MR) is 163 cm³/mol. The highest BCUT2D eigenvalue weighted by Gasteiger charge is 2.30. The van der Waals surface area contributed by atoms with Gasteiger partial charge in [0.05, 0.1) is 19.8 Å². The minimum Gasteiger partial charge on any atom is -0.493 e. The molecule has 2 aromatic carbocycles. The van der Waals surface area contributed by atoms with Crippen LogP contribution in [0.3, 0.4) is 0 Å². The Hall–Kier alpha value is -2.94. The van der Waals surface area contributed by atoms with E-state index < -0.39 is 6.04 Å². The van der Waals surface area contributed by atoms with E-state index >= 15 is 0 Å². The molecule has 0 saturated carbocycles. The number of carbonyl (C=O) groups is 2. The predicted octanol–water partition coefficient (Wildman–Crippen LogP) is 4.85. The molecule has 0 unspecified atom stereocenters. The lowest BCUT2D eigenvalue weighted by atomic mass is 9.88. The smallest absolute Gasteiger partial charge is 0.243 e. The fourth-order valence-corrected chi connectivity index (χ4v) is 4.55. The van der Waals surface area contributed by atoms with E-state index in [9.17, 15) is 9.59 Å². The van der Waals surface area contributed by atoms with Crippen molar-refractivity contribution in [2.45, 2.75) is 78.6 Å². The molecule has 41 heavy (non-hydrogen) atoms. The molecule has 8 heteroatoms. The molecule has 0 aromatic heterocycles. The third kappa shape index (κ3) is 13.1. The molecule has 0 fully saturated rings. The van der Waals surface area contributed by atoms with E-state index in [4.69, 9.17) is 19.9 Å². The second kappa shape index (κ2) is 19.2. The summed E-state index contributed by atoms with van der Waals surface area (Å²) >= 11 is 0. The number of nitrogens with two attached hydrogens (primary N) is 1. The van der Waals surface area contributed by atoms with Gasteiger partial charge >= 0.3 is 0 Å². The maximum atomic E-state index is 13.4. The van der Waals surface area contributed by atoms with Crippen LogP contribution in [-0.4, -0.2) is 50.8 Å². The first-order valence-corrected chi connectivity index (χ1v) is 14.9. The first kappa shape index (κ1) is 34.3. The molecule has 228 valence electrons. The Bertz CT molecular complexity index is 1020. The van der Waals surface area contributed by atoms with E-state index in [0.29, 0.717) is 45.8 Å². The molecule has 0 aliphatic carbocycles. The lowest BCUT2D eigenvalue weighted by molar-refractivity contribution is -0.133. The molecule has 0 aliphatic heterocycles. The first-order chi connectivity index (χ1) is 19.7. The van der Waals surface area contributed by atoms with Gasteiger partial charge in [-0.15, -0.1) is 0 Å². The minimum atomic E-state index is -0.589. The summed E-state index contributed by atoms with van der Waals surface area (Å²) < 4.78 is 16.7. The van der Waals surface area contributed by atoms with Gasteiger partial charge in [-0.25, -0.2) is 0 Å². The number of ether oxygens (including phenoxy) is 3. The Labute approximate surface area is 246 Å². The van der Waals surface area contributed by atoms with Gasteiger partial charge in [0.1, 0.15) is 11.8 Å². The zero-order valence-corrected chi connectivity index (χ0v) is 25.6. The number of rotatable bonds is 20. The zero-order chi connectivity index (χ0) is 30.0. The highest BCUT2D eigenvalue weighted by atomic mass is 16.5. The van der Waals surface area contributed by atoms with Crippen molar-refractivity contribution in [3.8, 4) is 5.75 Å². The Morgan fingerprint density at radius 3 is 2.34 bits per heavy atom. The third-order valence-corrected chi connectivity index (χ3v) is 7.35. The monoisotopic (exact) mass is 569 g/mol. The molecule has 0 radical (unpaired) electrons. The van der Waals surface area contributed by atoms with E-state index in [1.165, 1.54) is 0 Å². The summed E-state index contributed by atoms with van der Waals surface area (Å²) in [4.78, 5) is 26.4. The second-order valence-corrected chi connectivity index (χ2v) is 11.1. The highest BCUT2D eigenvalue weighted by Crippen LogP contribution is 2.20. The van der Waals surface area contributed by atoms with Crippen LogP contribution >= 0.6 is 0 Å². The summed E-state index contributed by atoms with van der Waals surface area (Å²) in [5, 5.41) is 6.05.